The molecule has 19 heavy (non-hydrogen) atoms. The van der Waals surface area contributed by atoms with Gasteiger partial charge in [0.2, 0.25) is 0 Å². The van der Waals surface area contributed by atoms with Gasteiger partial charge in [0, 0.05) is 12.7 Å². The highest BCUT2D eigenvalue weighted by Crippen LogP contribution is 2.16. The highest BCUT2D eigenvalue weighted by molar-refractivity contribution is 5.32. The number of nitrogens with one attached hydrogen (secondary N) is 1. The highest BCUT2D eigenvalue weighted by atomic mass is 16.5. The van der Waals surface area contributed by atoms with Crippen molar-refractivity contribution in [1.82, 2.24) is 25.1 Å². The van der Waals surface area contributed by atoms with Gasteiger partial charge in [0.1, 0.15) is 12.4 Å². The molecular weight excluding hydrogens is 244 g/mol. The molecule has 1 unspecified atom stereocenters. The van der Waals surface area contributed by atoms with Gasteiger partial charge in [-0.05, 0) is 12.1 Å². The zero-order valence-corrected chi connectivity index (χ0v) is 10.2. The predicted octanol–water partition coefficient (Wildman–Crippen LogP) is 0.195. The van der Waals surface area contributed by atoms with Gasteiger partial charge in [-0.2, -0.15) is 15.0 Å². The molecule has 1 aliphatic rings. The fourth-order valence-corrected chi connectivity index (χ4v) is 1.97. The molecule has 0 saturated carbocycles. The van der Waals surface area contributed by atoms with E-state index < -0.39 is 0 Å². The Bertz CT molecular complexity index is 593. The van der Waals surface area contributed by atoms with E-state index in [1.54, 1.807) is 16.8 Å². The first-order chi connectivity index (χ1) is 9.38. The molecule has 1 aliphatic heterocycles. The third-order valence-electron chi connectivity index (χ3n) is 2.90. The maximum atomic E-state index is 8.77. The molecule has 7 nitrogen and oxygen atoms in total. The minimum absolute atomic E-state index is 0.00805. The molecule has 1 N–H and O–H groups in total. The fraction of sp³-hybridized carbons (Fsp3) is 0.333. The monoisotopic (exact) mass is 256 g/mol. The Kier molecular flexibility index (Phi) is 3.18. The van der Waals surface area contributed by atoms with Gasteiger partial charge >= 0.3 is 0 Å². The third-order valence-corrected chi connectivity index (χ3v) is 2.90. The Morgan fingerprint density at radius 3 is 3.05 bits per heavy atom. The minimum Gasteiger partial charge on any atom is -0.378 e. The number of aromatic nitrogens is 4. The average molecular weight is 256 g/mol. The molecule has 0 radical (unpaired) electrons. The highest BCUT2D eigenvalue weighted by Gasteiger charge is 2.21. The van der Waals surface area contributed by atoms with Gasteiger partial charge in [-0.25, -0.2) is 9.97 Å². The van der Waals surface area contributed by atoms with Crippen molar-refractivity contribution in [3.8, 4) is 11.9 Å². The van der Waals surface area contributed by atoms with Crippen LogP contribution in [0.15, 0.2) is 24.7 Å². The van der Waals surface area contributed by atoms with E-state index in [0.717, 1.165) is 12.4 Å². The molecule has 1 atom stereocenters. The van der Waals surface area contributed by atoms with Gasteiger partial charge in [-0.1, -0.05) is 0 Å². The largest absolute Gasteiger partial charge is 0.378 e. The van der Waals surface area contributed by atoms with Crippen molar-refractivity contribution in [2.24, 2.45) is 0 Å². The van der Waals surface area contributed by atoms with Crippen LogP contribution >= 0.6 is 0 Å². The van der Waals surface area contributed by atoms with Gasteiger partial charge in [0.15, 0.2) is 11.6 Å². The second-order valence-corrected chi connectivity index (χ2v) is 4.13. The number of rotatable bonds is 2. The summed E-state index contributed by atoms with van der Waals surface area (Å²) in [6.07, 6.45) is 3.01. The molecule has 2 aromatic rings. The SMILES string of the molecule is N#Cc1ccc(-n2ncnc2C2COCCN2)nc1. The van der Waals surface area contributed by atoms with Crippen LogP contribution in [-0.4, -0.2) is 39.5 Å². The smallest absolute Gasteiger partial charge is 0.155 e. The van der Waals surface area contributed by atoms with Crippen LogP contribution in [0.25, 0.3) is 5.82 Å². The van der Waals surface area contributed by atoms with E-state index in [-0.39, 0.29) is 6.04 Å². The molecule has 7 heteroatoms. The number of ether oxygens (including phenoxy) is 1. The Labute approximate surface area is 109 Å². The van der Waals surface area contributed by atoms with Crippen molar-refractivity contribution in [2.75, 3.05) is 19.8 Å². The van der Waals surface area contributed by atoms with Crippen LogP contribution in [-0.2, 0) is 4.74 Å². The summed E-state index contributed by atoms with van der Waals surface area (Å²) in [6.45, 7) is 2.06. The molecule has 0 spiro atoms. The van der Waals surface area contributed by atoms with Crippen LogP contribution in [0, 0.1) is 11.3 Å². The summed E-state index contributed by atoms with van der Waals surface area (Å²) in [5.41, 5.74) is 0.518. The maximum absolute atomic E-state index is 8.77. The minimum atomic E-state index is 0.00805. The van der Waals surface area contributed by atoms with E-state index >= 15 is 0 Å². The first kappa shape index (κ1) is 11.8. The van der Waals surface area contributed by atoms with Crippen molar-refractivity contribution in [2.45, 2.75) is 6.04 Å². The number of nitrogens with zero attached hydrogens (tertiary/aromatic N) is 5. The van der Waals surface area contributed by atoms with E-state index in [1.807, 2.05) is 6.07 Å². The molecule has 3 rings (SSSR count). The topological polar surface area (TPSA) is 88.7 Å². The standard InChI is InChI=1S/C12H12N6O/c13-5-9-1-2-11(15-6-9)18-12(16-8-17-18)10-7-19-4-3-14-10/h1-2,6,8,10,14H,3-4,7H2. The Balaban J connectivity index is 1.92. The first-order valence-corrected chi connectivity index (χ1v) is 5.96. The Morgan fingerprint density at radius 1 is 1.42 bits per heavy atom. The molecule has 1 fully saturated rings. The zero-order chi connectivity index (χ0) is 13.1. The molecular formula is C12H12N6O. The van der Waals surface area contributed by atoms with Crippen LogP contribution in [0.5, 0.6) is 0 Å². The first-order valence-electron chi connectivity index (χ1n) is 5.96. The van der Waals surface area contributed by atoms with Crippen LogP contribution < -0.4 is 5.32 Å². The lowest BCUT2D eigenvalue weighted by Crippen LogP contribution is -2.36. The summed E-state index contributed by atoms with van der Waals surface area (Å²) < 4.78 is 7.09. The predicted molar refractivity (Wildman–Crippen MR) is 65.4 cm³/mol. The maximum Gasteiger partial charge on any atom is 0.155 e. The summed E-state index contributed by atoms with van der Waals surface area (Å²) in [6, 6.07) is 5.50. The van der Waals surface area contributed by atoms with Crippen LogP contribution in [0.2, 0.25) is 0 Å². The average Bonchev–Trinajstić information content (AvgIpc) is 2.98. The number of morpholine rings is 1. The molecule has 96 valence electrons. The van der Waals surface area contributed by atoms with Crippen molar-refractivity contribution in [3.05, 3.63) is 36.0 Å². The number of hydrogen-bond donors (Lipinski definition) is 1. The van der Waals surface area contributed by atoms with Gasteiger partial charge in [0.05, 0.1) is 24.8 Å². The van der Waals surface area contributed by atoms with Gasteiger partial charge < -0.3 is 10.1 Å². The van der Waals surface area contributed by atoms with Gasteiger partial charge in [0.25, 0.3) is 0 Å². The van der Waals surface area contributed by atoms with Crippen LogP contribution in [0.3, 0.4) is 0 Å². The fourth-order valence-electron chi connectivity index (χ4n) is 1.97. The quantitative estimate of drug-likeness (QED) is 0.825. The number of nitriles is 1. The van der Waals surface area contributed by atoms with Crippen LogP contribution in [0.1, 0.15) is 17.4 Å². The van der Waals surface area contributed by atoms with E-state index in [1.165, 1.54) is 12.5 Å². The van der Waals surface area contributed by atoms with E-state index in [9.17, 15) is 0 Å². The normalized spacial score (nSPS) is 19.0. The lowest BCUT2D eigenvalue weighted by molar-refractivity contribution is 0.0735. The van der Waals surface area contributed by atoms with Gasteiger partial charge in [-0.3, -0.25) is 0 Å². The molecule has 2 aromatic heterocycles. The molecule has 3 heterocycles. The van der Waals surface area contributed by atoms with Crippen molar-refractivity contribution in [1.29, 1.82) is 5.26 Å². The van der Waals surface area contributed by atoms with E-state index in [2.05, 4.69) is 20.4 Å². The lowest BCUT2D eigenvalue weighted by Gasteiger charge is -2.23. The summed E-state index contributed by atoms with van der Waals surface area (Å²) in [5, 5.41) is 16.3. The van der Waals surface area contributed by atoms with Crippen molar-refractivity contribution >= 4 is 0 Å². The summed E-state index contributed by atoms with van der Waals surface area (Å²) in [5.74, 6) is 1.40. The molecule has 0 aliphatic carbocycles. The Morgan fingerprint density at radius 2 is 2.37 bits per heavy atom. The summed E-state index contributed by atoms with van der Waals surface area (Å²) in [7, 11) is 0. The summed E-state index contributed by atoms with van der Waals surface area (Å²) in [4.78, 5) is 8.48. The lowest BCUT2D eigenvalue weighted by atomic mass is 10.2. The van der Waals surface area contributed by atoms with Crippen LogP contribution in [0.4, 0.5) is 0 Å². The van der Waals surface area contributed by atoms with Crippen molar-refractivity contribution < 1.29 is 4.74 Å². The molecule has 0 bridgehead atoms. The zero-order valence-electron chi connectivity index (χ0n) is 10.2. The Hall–Kier alpha value is -2.30. The number of hydrogen-bond acceptors (Lipinski definition) is 6. The second kappa shape index (κ2) is 5.14. The van der Waals surface area contributed by atoms with E-state index in [0.29, 0.717) is 24.6 Å². The number of pyridine rings is 1. The molecule has 0 aromatic carbocycles. The van der Waals surface area contributed by atoms with Crippen molar-refractivity contribution in [3.63, 3.8) is 0 Å². The third kappa shape index (κ3) is 2.31. The van der Waals surface area contributed by atoms with Gasteiger partial charge in [-0.15, -0.1) is 0 Å². The second-order valence-electron chi connectivity index (χ2n) is 4.13. The molecule has 0 amide bonds. The van der Waals surface area contributed by atoms with E-state index in [4.69, 9.17) is 10.00 Å². The molecule has 1 saturated heterocycles. The summed E-state index contributed by atoms with van der Waals surface area (Å²) >= 11 is 0.